The van der Waals surface area contributed by atoms with Crippen molar-refractivity contribution in [2.24, 2.45) is 7.05 Å². The summed E-state index contributed by atoms with van der Waals surface area (Å²) in [6.07, 6.45) is 1.20. The van der Waals surface area contributed by atoms with E-state index < -0.39 is 0 Å². The van der Waals surface area contributed by atoms with Crippen LogP contribution < -0.4 is 4.68 Å². The molecular weight excluding hydrogens is 152 g/mol. The largest absolute Gasteiger partial charge is 0.870 e. The number of hydrogen-bond acceptors (Lipinski definition) is 1. The third-order valence-corrected chi connectivity index (χ3v) is 2.13. The van der Waals surface area contributed by atoms with E-state index in [1.807, 2.05) is 0 Å². The number of aromatic nitrogens is 2. The van der Waals surface area contributed by atoms with Gasteiger partial charge in [0.1, 0.15) is 0 Å². The van der Waals surface area contributed by atoms with Crippen molar-refractivity contribution < 1.29 is 10.2 Å². The molecule has 1 aromatic rings. The van der Waals surface area contributed by atoms with Gasteiger partial charge in [0.25, 0.3) is 0 Å². The normalized spacial score (nSPS) is 9.67. The third-order valence-electron chi connectivity index (χ3n) is 2.13. The number of rotatable bonds is 2. The molecule has 12 heavy (non-hydrogen) atoms. The molecule has 0 aromatic carbocycles. The maximum absolute atomic E-state index is 2.30. The van der Waals surface area contributed by atoms with Gasteiger partial charge in [0, 0.05) is 13.0 Å². The van der Waals surface area contributed by atoms with Crippen LogP contribution in [0.25, 0.3) is 0 Å². The Bertz CT molecular complexity index is 253. The molecule has 1 aromatic heterocycles. The molecule has 1 heterocycles. The average Bonchev–Trinajstić information content (AvgIpc) is 2.17. The molecule has 0 aliphatic rings. The molecule has 0 radical (unpaired) electrons. The minimum absolute atomic E-state index is 0. The maximum atomic E-state index is 2.30. The molecule has 70 valence electrons. The summed E-state index contributed by atoms with van der Waals surface area (Å²) >= 11 is 0. The van der Waals surface area contributed by atoms with Gasteiger partial charge in [-0.25, -0.2) is 0 Å². The molecule has 0 fully saturated rings. The van der Waals surface area contributed by atoms with Crippen LogP contribution in [0.4, 0.5) is 0 Å². The standard InChI is InChI=1S/C9H17N2.H2O/c1-5-6-11-9(3)7-8(2)10(11)4;/h7H,5-6H2,1-4H3;1H2/q+1;/p-1. The minimum atomic E-state index is 0. The first-order chi connectivity index (χ1) is 5.16. The molecule has 0 amide bonds. The summed E-state index contributed by atoms with van der Waals surface area (Å²) in [6.45, 7) is 7.62. The second-order valence-corrected chi connectivity index (χ2v) is 3.07. The van der Waals surface area contributed by atoms with E-state index in [1.165, 1.54) is 17.8 Å². The zero-order valence-corrected chi connectivity index (χ0v) is 8.33. The highest BCUT2D eigenvalue weighted by atomic mass is 16.0. The van der Waals surface area contributed by atoms with Crippen molar-refractivity contribution in [3.8, 4) is 0 Å². The molecule has 3 heteroatoms. The van der Waals surface area contributed by atoms with Crippen LogP contribution >= 0.6 is 0 Å². The third kappa shape index (κ3) is 1.85. The van der Waals surface area contributed by atoms with Crippen molar-refractivity contribution in [2.75, 3.05) is 0 Å². The van der Waals surface area contributed by atoms with Crippen molar-refractivity contribution in [2.45, 2.75) is 33.7 Å². The maximum Gasteiger partial charge on any atom is 0.204 e. The molecule has 3 nitrogen and oxygen atoms in total. The molecule has 0 aliphatic carbocycles. The van der Waals surface area contributed by atoms with E-state index in [9.17, 15) is 0 Å². The summed E-state index contributed by atoms with van der Waals surface area (Å²) in [5, 5.41) is 0. The smallest absolute Gasteiger partial charge is 0.204 e. The van der Waals surface area contributed by atoms with Crippen LogP contribution in [0.3, 0.4) is 0 Å². The Hall–Kier alpha value is -0.830. The highest BCUT2D eigenvalue weighted by Gasteiger charge is 2.10. The summed E-state index contributed by atoms with van der Waals surface area (Å²) in [5.41, 5.74) is 2.68. The molecule has 1 N–H and O–H groups in total. The molecule has 0 spiro atoms. The predicted octanol–water partition coefficient (Wildman–Crippen LogP) is 1.16. The first kappa shape index (κ1) is 11.2. The lowest BCUT2D eigenvalue weighted by atomic mass is 10.4. The van der Waals surface area contributed by atoms with Crippen LogP contribution in [0, 0.1) is 13.8 Å². The van der Waals surface area contributed by atoms with Crippen molar-refractivity contribution in [1.82, 2.24) is 4.68 Å². The lowest BCUT2D eigenvalue weighted by Gasteiger charge is -1.99. The van der Waals surface area contributed by atoms with E-state index in [2.05, 4.69) is 43.2 Å². The number of nitrogens with zero attached hydrogens (tertiary/aromatic N) is 2. The van der Waals surface area contributed by atoms with Gasteiger partial charge in [-0.05, 0) is 13.3 Å². The fourth-order valence-electron chi connectivity index (χ4n) is 1.44. The van der Waals surface area contributed by atoms with Gasteiger partial charge in [0.15, 0.2) is 7.05 Å². The molecule has 0 unspecified atom stereocenters. The topological polar surface area (TPSA) is 38.8 Å². The van der Waals surface area contributed by atoms with Crippen molar-refractivity contribution in [3.63, 3.8) is 0 Å². The number of aryl methyl sites for hydroxylation is 2. The van der Waals surface area contributed by atoms with Gasteiger partial charge in [-0.1, -0.05) is 6.92 Å². The van der Waals surface area contributed by atoms with Crippen molar-refractivity contribution >= 4 is 0 Å². The van der Waals surface area contributed by atoms with E-state index >= 15 is 0 Å². The Morgan fingerprint density at radius 2 is 2.00 bits per heavy atom. The van der Waals surface area contributed by atoms with Crippen LogP contribution in [0.2, 0.25) is 0 Å². The molecule has 0 bridgehead atoms. The highest BCUT2D eigenvalue weighted by molar-refractivity contribution is 5.01. The second-order valence-electron chi connectivity index (χ2n) is 3.07. The van der Waals surface area contributed by atoms with Gasteiger partial charge >= 0.3 is 0 Å². The summed E-state index contributed by atoms with van der Waals surface area (Å²) in [6, 6.07) is 2.22. The Morgan fingerprint density at radius 1 is 1.42 bits per heavy atom. The van der Waals surface area contributed by atoms with Gasteiger partial charge in [-0.3, -0.25) is 0 Å². The summed E-state index contributed by atoms with van der Waals surface area (Å²) in [5.74, 6) is 0. The molecule has 0 aliphatic heterocycles. The van der Waals surface area contributed by atoms with E-state index in [0.717, 1.165) is 6.54 Å². The highest BCUT2D eigenvalue weighted by Crippen LogP contribution is 1.99. The molecule has 0 atom stereocenters. The average molecular weight is 170 g/mol. The lowest BCUT2D eigenvalue weighted by Crippen LogP contribution is -2.41. The SMILES string of the molecule is CCCn1c(C)cc(C)[n+]1C.[OH-]. The minimum Gasteiger partial charge on any atom is -0.870 e. The van der Waals surface area contributed by atoms with Crippen molar-refractivity contribution in [3.05, 3.63) is 17.5 Å². The summed E-state index contributed by atoms with van der Waals surface area (Å²) in [4.78, 5) is 0. The van der Waals surface area contributed by atoms with Crippen LogP contribution in [0.5, 0.6) is 0 Å². The Morgan fingerprint density at radius 3 is 2.33 bits per heavy atom. The van der Waals surface area contributed by atoms with E-state index in [4.69, 9.17) is 0 Å². The second kappa shape index (κ2) is 4.26. The Balaban J connectivity index is 0.00000121. The fourth-order valence-corrected chi connectivity index (χ4v) is 1.44. The van der Waals surface area contributed by atoms with Gasteiger partial charge in [0.2, 0.25) is 5.69 Å². The molecule has 1 rings (SSSR count). The van der Waals surface area contributed by atoms with Crippen LogP contribution in [0.1, 0.15) is 24.7 Å². The summed E-state index contributed by atoms with van der Waals surface area (Å²) in [7, 11) is 2.11. The van der Waals surface area contributed by atoms with Crippen molar-refractivity contribution in [1.29, 1.82) is 0 Å². The van der Waals surface area contributed by atoms with Crippen LogP contribution in [0.15, 0.2) is 6.07 Å². The lowest BCUT2D eigenvalue weighted by molar-refractivity contribution is -0.759. The quantitative estimate of drug-likeness (QED) is 0.614. The zero-order chi connectivity index (χ0) is 8.43. The van der Waals surface area contributed by atoms with Gasteiger partial charge in [-0.2, -0.15) is 4.68 Å². The monoisotopic (exact) mass is 170 g/mol. The van der Waals surface area contributed by atoms with Crippen LogP contribution in [-0.4, -0.2) is 10.2 Å². The van der Waals surface area contributed by atoms with Gasteiger partial charge in [-0.15, -0.1) is 4.68 Å². The van der Waals surface area contributed by atoms with Gasteiger partial charge in [0.05, 0.1) is 12.2 Å². The first-order valence-electron chi connectivity index (χ1n) is 4.20. The molecular formula is C9H18N2O. The Kier molecular flexibility index (Phi) is 3.96. The number of hydrogen-bond donors (Lipinski definition) is 0. The molecule has 0 saturated heterocycles. The molecule has 0 saturated carbocycles. The zero-order valence-electron chi connectivity index (χ0n) is 8.33. The van der Waals surface area contributed by atoms with E-state index in [1.54, 1.807) is 0 Å². The Labute approximate surface area is 73.9 Å². The van der Waals surface area contributed by atoms with Gasteiger partial charge < -0.3 is 5.48 Å². The van der Waals surface area contributed by atoms with E-state index in [0.29, 0.717) is 0 Å². The fraction of sp³-hybridized carbons (Fsp3) is 0.667. The summed E-state index contributed by atoms with van der Waals surface area (Å²) < 4.78 is 4.51. The predicted molar refractivity (Wildman–Crippen MR) is 47.3 cm³/mol. The first-order valence-corrected chi connectivity index (χ1v) is 4.20. The van der Waals surface area contributed by atoms with Crippen LogP contribution in [-0.2, 0) is 13.6 Å². The van der Waals surface area contributed by atoms with E-state index in [-0.39, 0.29) is 5.48 Å².